The topological polar surface area (TPSA) is 61.2 Å². The number of allylic oxidation sites excluding steroid dienone is 1. The van der Waals surface area contributed by atoms with Crippen molar-refractivity contribution in [3.63, 3.8) is 0 Å². The third-order valence-corrected chi connectivity index (χ3v) is 1.42. The fraction of sp³-hybridized carbons (Fsp3) is 0.500. The van der Waals surface area contributed by atoms with Crippen molar-refractivity contribution >= 4 is 11.7 Å². The maximum atomic E-state index is 10.2. The van der Waals surface area contributed by atoms with E-state index in [1.165, 1.54) is 0 Å². The first kappa shape index (κ1) is 9.88. The van der Waals surface area contributed by atoms with E-state index in [-0.39, 0.29) is 0 Å². The van der Waals surface area contributed by atoms with Crippen LogP contribution < -0.4 is 0 Å². The van der Waals surface area contributed by atoms with Crippen LogP contribution in [0.4, 0.5) is 0 Å². The van der Waals surface area contributed by atoms with E-state index in [2.05, 4.69) is 0 Å². The van der Waals surface area contributed by atoms with Gasteiger partial charge in [0.2, 0.25) is 0 Å². The van der Waals surface area contributed by atoms with E-state index in [4.69, 9.17) is 10.5 Å². The van der Waals surface area contributed by atoms with Crippen LogP contribution in [-0.4, -0.2) is 16.8 Å². The summed E-state index contributed by atoms with van der Waals surface area (Å²) in [4.78, 5) is 10.2. The fourth-order valence-electron chi connectivity index (χ4n) is 0.779. The first-order valence-electron chi connectivity index (χ1n) is 3.63. The van der Waals surface area contributed by atoms with Gasteiger partial charge in [0.25, 0.3) is 0 Å². The second kappa shape index (κ2) is 4.66. The number of carboxylic acid groups (broad SMARTS) is 1. The van der Waals surface area contributed by atoms with Crippen LogP contribution in [0.25, 0.3) is 0 Å². The van der Waals surface area contributed by atoms with Gasteiger partial charge in [0.1, 0.15) is 0 Å². The highest BCUT2D eigenvalue weighted by Gasteiger charge is 2.01. The van der Waals surface area contributed by atoms with Crippen LogP contribution in [0.3, 0.4) is 0 Å². The first-order valence-corrected chi connectivity index (χ1v) is 3.63. The predicted molar refractivity (Wildman–Crippen MR) is 44.0 cm³/mol. The molecule has 0 atom stereocenters. The molecule has 0 heterocycles. The van der Waals surface area contributed by atoms with E-state index in [1.807, 2.05) is 13.8 Å². The summed E-state index contributed by atoms with van der Waals surface area (Å²) in [5, 5.41) is 15.7. The van der Waals surface area contributed by atoms with Crippen molar-refractivity contribution in [2.75, 3.05) is 0 Å². The lowest BCUT2D eigenvalue weighted by molar-refractivity contribution is -0.131. The van der Waals surface area contributed by atoms with Gasteiger partial charge in [0, 0.05) is 11.8 Å². The quantitative estimate of drug-likeness (QED) is 0.480. The number of nitrogens with one attached hydrogen (secondary N) is 1. The number of hydrogen-bond acceptors (Lipinski definition) is 2. The molecule has 0 fully saturated rings. The minimum Gasteiger partial charge on any atom is -0.478 e. The predicted octanol–water partition coefficient (Wildman–Crippen LogP) is 1.84. The summed E-state index contributed by atoms with van der Waals surface area (Å²) in [7, 11) is 0. The van der Waals surface area contributed by atoms with Gasteiger partial charge in [-0.2, -0.15) is 0 Å². The van der Waals surface area contributed by atoms with Crippen LogP contribution in [0.15, 0.2) is 11.6 Å². The Morgan fingerprint density at radius 2 is 2.00 bits per heavy atom. The Bertz CT molecular complexity index is 194. The molecule has 0 radical (unpaired) electrons. The van der Waals surface area contributed by atoms with Crippen molar-refractivity contribution in [1.82, 2.24) is 0 Å². The maximum absolute atomic E-state index is 10.2. The standard InChI is InChI=1S/C8H13NO2/c1-3-6(5-8(10)11)7(9)4-2/h5,9H,3-4H2,1-2H3,(H,10,11). The van der Waals surface area contributed by atoms with E-state index < -0.39 is 5.97 Å². The first-order chi connectivity index (χ1) is 5.11. The van der Waals surface area contributed by atoms with Crippen LogP contribution >= 0.6 is 0 Å². The Labute approximate surface area is 66.2 Å². The number of aliphatic carboxylic acids is 1. The molecule has 0 spiro atoms. The number of rotatable bonds is 4. The van der Waals surface area contributed by atoms with Crippen molar-refractivity contribution in [3.8, 4) is 0 Å². The van der Waals surface area contributed by atoms with Gasteiger partial charge in [-0.1, -0.05) is 13.8 Å². The zero-order chi connectivity index (χ0) is 8.85. The van der Waals surface area contributed by atoms with E-state index >= 15 is 0 Å². The molecular formula is C8H13NO2. The van der Waals surface area contributed by atoms with Gasteiger partial charge in [0.15, 0.2) is 0 Å². The third-order valence-electron chi connectivity index (χ3n) is 1.42. The number of hydrogen-bond donors (Lipinski definition) is 2. The molecule has 62 valence electrons. The SMILES string of the molecule is CCC(=N)C(=CC(=O)O)CC. The maximum Gasteiger partial charge on any atom is 0.328 e. The zero-order valence-corrected chi connectivity index (χ0v) is 6.85. The molecule has 0 saturated heterocycles. The van der Waals surface area contributed by atoms with Gasteiger partial charge < -0.3 is 10.5 Å². The van der Waals surface area contributed by atoms with Crippen LogP contribution in [0, 0.1) is 5.41 Å². The normalized spacial score (nSPS) is 11.3. The van der Waals surface area contributed by atoms with E-state index in [0.29, 0.717) is 24.1 Å². The molecule has 0 aliphatic heterocycles. The minimum atomic E-state index is -0.972. The highest BCUT2D eigenvalue weighted by Crippen LogP contribution is 2.04. The Morgan fingerprint density at radius 3 is 2.27 bits per heavy atom. The van der Waals surface area contributed by atoms with Gasteiger partial charge in [-0.3, -0.25) is 0 Å². The molecule has 3 nitrogen and oxygen atoms in total. The van der Waals surface area contributed by atoms with Crippen LogP contribution in [0.5, 0.6) is 0 Å². The van der Waals surface area contributed by atoms with E-state index in [9.17, 15) is 4.79 Å². The lowest BCUT2D eigenvalue weighted by Crippen LogP contribution is -2.01. The molecule has 3 heteroatoms. The summed E-state index contributed by atoms with van der Waals surface area (Å²) >= 11 is 0. The van der Waals surface area contributed by atoms with Gasteiger partial charge in [-0.05, 0) is 18.4 Å². The lowest BCUT2D eigenvalue weighted by Gasteiger charge is -2.01. The van der Waals surface area contributed by atoms with Crippen molar-refractivity contribution in [1.29, 1.82) is 5.41 Å². The molecule has 0 aromatic heterocycles. The molecule has 0 aliphatic rings. The molecule has 0 unspecified atom stereocenters. The number of carbonyl (C=O) groups is 1. The van der Waals surface area contributed by atoms with Crippen molar-refractivity contribution in [3.05, 3.63) is 11.6 Å². The van der Waals surface area contributed by atoms with Crippen LogP contribution in [0.2, 0.25) is 0 Å². The fourth-order valence-corrected chi connectivity index (χ4v) is 0.779. The average Bonchev–Trinajstić information content (AvgIpc) is 1.98. The van der Waals surface area contributed by atoms with Crippen LogP contribution in [0.1, 0.15) is 26.7 Å². The summed E-state index contributed by atoms with van der Waals surface area (Å²) in [6.07, 6.45) is 2.30. The molecule has 0 rings (SSSR count). The Hall–Kier alpha value is -1.12. The summed E-state index contributed by atoms with van der Waals surface area (Å²) in [5.74, 6) is -0.972. The number of carboxylic acids is 1. The van der Waals surface area contributed by atoms with Crippen molar-refractivity contribution in [2.24, 2.45) is 0 Å². The molecular weight excluding hydrogens is 142 g/mol. The highest BCUT2D eigenvalue weighted by molar-refractivity contribution is 6.01. The molecule has 2 N–H and O–H groups in total. The molecule has 0 aromatic rings. The summed E-state index contributed by atoms with van der Waals surface area (Å²) in [6.45, 7) is 3.69. The monoisotopic (exact) mass is 155 g/mol. The summed E-state index contributed by atoms with van der Waals surface area (Å²) in [6, 6.07) is 0. The van der Waals surface area contributed by atoms with Crippen molar-refractivity contribution in [2.45, 2.75) is 26.7 Å². The molecule has 11 heavy (non-hydrogen) atoms. The van der Waals surface area contributed by atoms with Gasteiger partial charge in [-0.15, -0.1) is 0 Å². The molecule has 0 aliphatic carbocycles. The molecule has 0 saturated carbocycles. The van der Waals surface area contributed by atoms with E-state index in [0.717, 1.165) is 6.08 Å². The molecule has 0 bridgehead atoms. The smallest absolute Gasteiger partial charge is 0.328 e. The van der Waals surface area contributed by atoms with Gasteiger partial charge >= 0.3 is 5.97 Å². The van der Waals surface area contributed by atoms with Crippen LogP contribution in [-0.2, 0) is 4.79 Å². The van der Waals surface area contributed by atoms with Gasteiger partial charge in [0.05, 0.1) is 0 Å². The largest absolute Gasteiger partial charge is 0.478 e. The van der Waals surface area contributed by atoms with Crippen molar-refractivity contribution < 1.29 is 9.90 Å². The average molecular weight is 155 g/mol. The Morgan fingerprint density at radius 1 is 1.45 bits per heavy atom. The lowest BCUT2D eigenvalue weighted by atomic mass is 10.1. The van der Waals surface area contributed by atoms with E-state index in [1.54, 1.807) is 0 Å². The zero-order valence-electron chi connectivity index (χ0n) is 6.85. The minimum absolute atomic E-state index is 0.412. The summed E-state index contributed by atoms with van der Waals surface area (Å²) in [5.41, 5.74) is 1.02. The Kier molecular flexibility index (Phi) is 4.18. The highest BCUT2D eigenvalue weighted by atomic mass is 16.4. The second-order valence-corrected chi connectivity index (χ2v) is 2.19. The van der Waals surface area contributed by atoms with Gasteiger partial charge in [-0.25, -0.2) is 4.79 Å². The molecule has 0 aromatic carbocycles. The Balaban J connectivity index is 4.39. The third kappa shape index (κ3) is 3.55. The second-order valence-electron chi connectivity index (χ2n) is 2.19. The molecule has 0 amide bonds. The summed E-state index contributed by atoms with van der Waals surface area (Å²) < 4.78 is 0.